The number of halogens is 2. The molecule has 0 amide bonds. The molecule has 0 unspecified atom stereocenters. The maximum Gasteiger partial charge on any atom is 0.173 e. The minimum Gasteiger partial charge on any atom is -0.506 e. The monoisotopic (exact) mass is 336 g/mol. The van der Waals surface area contributed by atoms with E-state index < -0.39 is 11.6 Å². The van der Waals surface area contributed by atoms with Gasteiger partial charge >= 0.3 is 0 Å². The Morgan fingerprint density at radius 1 is 1.26 bits per heavy atom. The minimum atomic E-state index is -1.27. The molecule has 4 rings (SSSR count). The predicted octanol–water partition coefficient (Wildman–Crippen LogP) is 4.81. The standard InChI is InChI=1S/C19H22ClFO2/c1-19-7-6-11-12(14(19)4-5-16(21)18(19)23)3-2-10-8-17(22)15(20)9-13(10)11/h8-9,11-12,14,16,22H,2-7H2,1H3/t11-,12+,14-,16-,19-/m0/s1. The molecule has 0 aliphatic heterocycles. The van der Waals surface area contributed by atoms with Crippen LogP contribution in [-0.4, -0.2) is 17.1 Å². The SMILES string of the molecule is C[C@]12CC[C@@H]3c4cc(Cl)c(O)cc4CC[C@H]3[C@@H]1CC[C@H](F)C2=O. The van der Waals surface area contributed by atoms with Gasteiger partial charge in [-0.2, -0.15) is 0 Å². The molecule has 0 spiro atoms. The second-order valence-corrected chi connectivity index (χ2v) is 8.19. The number of aromatic hydroxyl groups is 1. The zero-order valence-corrected chi connectivity index (χ0v) is 14.1. The molecule has 1 N–H and O–H groups in total. The highest BCUT2D eigenvalue weighted by Crippen LogP contribution is 2.59. The summed E-state index contributed by atoms with van der Waals surface area (Å²) in [6.45, 7) is 1.99. The molecule has 0 aromatic heterocycles. The topological polar surface area (TPSA) is 37.3 Å². The van der Waals surface area contributed by atoms with Gasteiger partial charge in [0.2, 0.25) is 0 Å². The van der Waals surface area contributed by atoms with E-state index in [4.69, 9.17) is 11.6 Å². The van der Waals surface area contributed by atoms with Crippen molar-refractivity contribution in [1.29, 1.82) is 0 Å². The van der Waals surface area contributed by atoms with Crippen molar-refractivity contribution in [1.82, 2.24) is 0 Å². The molecule has 2 saturated carbocycles. The number of hydrogen-bond donors (Lipinski definition) is 1. The first kappa shape index (κ1) is 15.4. The number of hydrogen-bond acceptors (Lipinski definition) is 2. The number of fused-ring (bicyclic) bond motifs is 5. The number of carbonyl (C=O) groups is 1. The van der Waals surface area contributed by atoms with Crippen molar-refractivity contribution in [2.24, 2.45) is 17.3 Å². The fraction of sp³-hybridized carbons (Fsp3) is 0.632. The van der Waals surface area contributed by atoms with E-state index in [-0.39, 0.29) is 17.5 Å². The first-order valence-corrected chi connectivity index (χ1v) is 8.99. The van der Waals surface area contributed by atoms with Gasteiger partial charge in [-0.3, -0.25) is 4.79 Å². The molecule has 4 heteroatoms. The molecule has 3 aliphatic carbocycles. The Kier molecular flexibility index (Phi) is 3.49. The summed E-state index contributed by atoms with van der Waals surface area (Å²) in [5.74, 6) is 1.08. The summed E-state index contributed by atoms with van der Waals surface area (Å²) in [6, 6.07) is 3.71. The zero-order valence-electron chi connectivity index (χ0n) is 13.3. The lowest BCUT2D eigenvalue weighted by Gasteiger charge is -2.53. The van der Waals surface area contributed by atoms with Crippen LogP contribution >= 0.6 is 11.6 Å². The number of carbonyl (C=O) groups excluding carboxylic acids is 1. The van der Waals surface area contributed by atoms with Crippen LogP contribution in [0.4, 0.5) is 4.39 Å². The molecule has 124 valence electrons. The van der Waals surface area contributed by atoms with Gasteiger partial charge in [0.05, 0.1) is 5.02 Å². The van der Waals surface area contributed by atoms with Crippen LogP contribution in [0.2, 0.25) is 5.02 Å². The molecule has 1 aromatic carbocycles. The van der Waals surface area contributed by atoms with Crippen LogP contribution in [0.3, 0.4) is 0 Å². The van der Waals surface area contributed by atoms with Gasteiger partial charge in [-0.15, -0.1) is 0 Å². The Morgan fingerprint density at radius 3 is 2.83 bits per heavy atom. The van der Waals surface area contributed by atoms with Crippen molar-refractivity contribution in [2.45, 2.75) is 57.5 Å². The largest absolute Gasteiger partial charge is 0.506 e. The van der Waals surface area contributed by atoms with E-state index in [1.54, 1.807) is 6.07 Å². The highest BCUT2D eigenvalue weighted by molar-refractivity contribution is 6.32. The third-order valence-electron chi connectivity index (χ3n) is 6.76. The van der Waals surface area contributed by atoms with Gasteiger partial charge in [0, 0.05) is 5.41 Å². The van der Waals surface area contributed by atoms with E-state index in [0.29, 0.717) is 23.3 Å². The molecule has 2 nitrogen and oxygen atoms in total. The first-order valence-electron chi connectivity index (χ1n) is 8.61. The predicted molar refractivity (Wildman–Crippen MR) is 87.6 cm³/mol. The number of benzene rings is 1. The summed E-state index contributed by atoms with van der Waals surface area (Å²) in [4.78, 5) is 12.5. The van der Waals surface area contributed by atoms with Crippen LogP contribution in [0.5, 0.6) is 5.75 Å². The molecule has 5 atom stereocenters. The molecule has 0 radical (unpaired) electrons. The lowest BCUT2D eigenvalue weighted by Crippen LogP contribution is -2.52. The third-order valence-corrected chi connectivity index (χ3v) is 7.06. The van der Waals surface area contributed by atoms with Crippen LogP contribution in [-0.2, 0) is 11.2 Å². The van der Waals surface area contributed by atoms with E-state index in [1.807, 2.05) is 13.0 Å². The van der Waals surface area contributed by atoms with Gasteiger partial charge in [0.1, 0.15) is 5.75 Å². The van der Waals surface area contributed by atoms with Gasteiger partial charge in [-0.05, 0) is 79.5 Å². The van der Waals surface area contributed by atoms with Crippen molar-refractivity contribution in [3.8, 4) is 5.75 Å². The maximum atomic E-state index is 14.0. The van der Waals surface area contributed by atoms with Gasteiger partial charge < -0.3 is 5.11 Å². The Balaban J connectivity index is 1.72. The van der Waals surface area contributed by atoms with Gasteiger partial charge in [0.25, 0.3) is 0 Å². The molecule has 0 heterocycles. The van der Waals surface area contributed by atoms with E-state index in [1.165, 1.54) is 11.1 Å². The second-order valence-electron chi connectivity index (χ2n) is 7.78. The first-order chi connectivity index (χ1) is 10.9. The number of rotatable bonds is 0. The molecule has 3 aliphatic rings. The number of aryl methyl sites for hydroxylation is 1. The summed E-state index contributed by atoms with van der Waals surface area (Å²) in [5, 5.41) is 10.2. The normalized spacial score (nSPS) is 39.3. The van der Waals surface area contributed by atoms with Crippen LogP contribution in [0.25, 0.3) is 0 Å². The highest BCUT2D eigenvalue weighted by atomic mass is 35.5. The van der Waals surface area contributed by atoms with Gasteiger partial charge in [-0.25, -0.2) is 4.39 Å². The number of phenolic OH excluding ortho intramolecular Hbond substituents is 1. The average molecular weight is 337 g/mol. The molecule has 0 saturated heterocycles. The Morgan fingerprint density at radius 2 is 2.04 bits per heavy atom. The van der Waals surface area contributed by atoms with Crippen molar-refractivity contribution in [3.63, 3.8) is 0 Å². The van der Waals surface area contributed by atoms with E-state index in [9.17, 15) is 14.3 Å². The van der Waals surface area contributed by atoms with Gasteiger partial charge in [0.15, 0.2) is 12.0 Å². The number of ketones is 1. The molecular formula is C19H22ClFO2. The summed E-state index contributed by atoms with van der Waals surface area (Å²) in [5.41, 5.74) is 1.93. The van der Waals surface area contributed by atoms with Crippen LogP contribution < -0.4 is 0 Å². The van der Waals surface area contributed by atoms with E-state index in [0.717, 1.165) is 32.1 Å². The van der Waals surface area contributed by atoms with E-state index in [2.05, 4.69) is 0 Å². The van der Waals surface area contributed by atoms with Crippen LogP contribution in [0.1, 0.15) is 56.1 Å². The molecular weight excluding hydrogens is 315 g/mol. The lowest BCUT2D eigenvalue weighted by atomic mass is 9.50. The number of alkyl halides is 1. The fourth-order valence-electron chi connectivity index (χ4n) is 5.55. The Labute approximate surface area is 141 Å². The summed E-state index contributed by atoms with van der Waals surface area (Å²) >= 11 is 6.13. The Hall–Kier alpha value is -1.09. The molecule has 0 bridgehead atoms. The van der Waals surface area contributed by atoms with Crippen LogP contribution in [0.15, 0.2) is 12.1 Å². The quantitative estimate of drug-likeness (QED) is 0.738. The summed E-state index contributed by atoms with van der Waals surface area (Å²) in [6.07, 6.45) is 3.51. The van der Waals surface area contributed by atoms with Crippen molar-refractivity contribution in [2.75, 3.05) is 0 Å². The Bertz CT molecular complexity index is 674. The van der Waals surface area contributed by atoms with Gasteiger partial charge in [-0.1, -0.05) is 18.5 Å². The van der Waals surface area contributed by atoms with Crippen LogP contribution in [0, 0.1) is 17.3 Å². The third kappa shape index (κ3) is 2.15. The number of Topliss-reactive ketones (excluding diaryl/α,β-unsaturated/α-hetero) is 1. The highest BCUT2D eigenvalue weighted by Gasteiger charge is 2.55. The summed E-state index contributed by atoms with van der Waals surface area (Å²) in [7, 11) is 0. The molecule has 1 aromatic rings. The molecule has 2 fully saturated rings. The fourth-order valence-corrected chi connectivity index (χ4v) is 5.73. The smallest absolute Gasteiger partial charge is 0.173 e. The van der Waals surface area contributed by atoms with Crippen molar-refractivity contribution in [3.05, 3.63) is 28.3 Å². The minimum absolute atomic E-state index is 0.151. The van der Waals surface area contributed by atoms with Crippen molar-refractivity contribution >= 4 is 17.4 Å². The summed E-state index contributed by atoms with van der Waals surface area (Å²) < 4.78 is 14.0. The average Bonchev–Trinajstić information content (AvgIpc) is 2.52. The number of phenols is 1. The van der Waals surface area contributed by atoms with E-state index >= 15 is 0 Å². The van der Waals surface area contributed by atoms with Crippen molar-refractivity contribution < 1.29 is 14.3 Å². The molecule has 23 heavy (non-hydrogen) atoms. The zero-order chi connectivity index (χ0) is 16.4. The second kappa shape index (κ2) is 5.20. The lowest BCUT2D eigenvalue weighted by molar-refractivity contribution is -0.147. The maximum absolute atomic E-state index is 14.0.